The van der Waals surface area contributed by atoms with Gasteiger partial charge in [-0.1, -0.05) is 5.16 Å². The van der Waals surface area contributed by atoms with Gasteiger partial charge in [-0.2, -0.15) is 0 Å². The van der Waals surface area contributed by atoms with Crippen molar-refractivity contribution in [3.05, 3.63) is 39.0 Å². The number of hydrogen-bond acceptors (Lipinski definition) is 9. The highest BCUT2D eigenvalue weighted by Crippen LogP contribution is 2.29. The molecule has 0 saturated heterocycles. The number of aromatic nitrogens is 4. The molecular weight excluding hydrogens is 469 g/mol. The Morgan fingerprint density at radius 3 is 2.93 bits per heavy atom. The van der Waals surface area contributed by atoms with Crippen LogP contribution < -0.4 is 10.5 Å². The van der Waals surface area contributed by atoms with Crippen LogP contribution in [0.25, 0.3) is 17.2 Å². The van der Waals surface area contributed by atoms with Gasteiger partial charge in [-0.25, -0.2) is 23.1 Å². The van der Waals surface area contributed by atoms with Gasteiger partial charge in [0.05, 0.1) is 10.2 Å². The van der Waals surface area contributed by atoms with Crippen LogP contribution in [-0.4, -0.2) is 41.1 Å². The van der Waals surface area contributed by atoms with Gasteiger partial charge in [-0.3, -0.25) is 8.73 Å². The van der Waals surface area contributed by atoms with E-state index in [0.29, 0.717) is 22.9 Å². The molecule has 1 unspecified atom stereocenters. The van der Waals surface area contributed by atoms with E-state index in [1.807, 2.05) is 0 Å². The van der Waals surface area contributed by atoms with E-state index in [1.165, 1.54) is 30.0 Å². The van der Waals surface area contributed by atoms with Crippen molar-refractivity contribution in [1.82, 2.24) is 24.8 Å². The van der Waals surface area contributed by atoms with Crippen molar-refractivity contribution < 1.29 is 22.3 Å². The maximum atomic E-state index is 13.5. The molecule has 0 bridgehead atoms. The minimum atomic E-state index is -2.31. The normalized spacial score (nSPS) is 12.4. The first-order valence-electron chi connectivity index (χ1n) is 7.30. The maximum absolute atomic E-state index is 13.5. The lowest BCUT2D eigenvalue weighted by Gasteiger charge is -2.06. The van der Waals surface area contributed by atoms with Crippen LogP contribution in [0.15, 0.2) is 41.6 Å². The van der Waals surface area contributed by atoms with Crippen LogP contribution in [0.5, 0.6) is 0 Å². The summed E-state index contributed by atoms with van der Waals surface area (Å²) in [7, 11) is 0. The van der Waals surface area contributed by atoms with Gasteiger partial charge in [-0.05, 0) is 50.9 Å². The number of halogens is 2. The number of rotatable bonds is 8. The van der Waals surface area contributed by atoms with E-state index in [2.05, 4.69) is 36.1 Å². The molecule has 1 atom stereocenters. The average Bonchev–Trinajstić information content (AvgIpc) is 3.23. The van der Waals surface area contributed by atoms with E-state index in [0.717, 1.165) is 4.57 Å². The van der Waals surface area contributed by atoms with Gasteiger partial charge in [0.1, 0.15) is 5.82 Å². The molecule has 0 aliphatic carbocycles. The summed E-state index contributed by atoms with van der Waals surface area (Å²) in [5, 5.41) is 11.6. The van der Waals surface area contributed by atoms with Crippen LogP contribution in [0, 0.1) is 5.82 Å². The second-order valence-electron chi connectivity index (χ2n) is 4.95. The summed E-state index contributed by atoms with van der Waals surface area (Å²) >= 11 is 1.99. The van der Waals surface area contributed by atoms with Crippen molar-refractivity contribution in [3.8, 4) is 17.2 Å². The molecular formula is C13H10BrFN5O5S2-. The smallest absolute Gasteiger partial charge is 0.446 e. The highest BCUT2D eigenvalue weighted by molar-refractivity contribution is 9.10. The Balaban J connectivity index is 1.84. The van der Waals surface area contributed by atoms with Crippen molar-refractivity contribution in [2.45, 2.75) is 11.4 Å². The van der Waals surface area contributed by atoms with E-state index in [4.69, 9.17) is 9.15 Å². The van der Waals surface area contributed by atoms with Crippen LogP contribution in [0.3, 0.4) is 0 Å². The van der Waals surface area contributed by atoms with E-state index in [1.54, 1.807) is 0 Å². The molecule has 10 nitrogen and oxygen atoms in total. The molecule has 0 fully saturated rings. The fourth-order valence-electron chi connectivity index (χ4n) is 2.06. The lowest BCUT2D eigenvalue weighted by molar-refractivity contribution is 0.299. The second kappa shape index (κ2) is 8.88. The van der Waals surface area contributed by atoms with Gasteiger partial charge in [-0.15, -0.1) is 11.8 Å². The maximum Gasteiger partial charge on any atom is 0.446 e. The molecule has 2 aromatic heterocycles. The predicted octanol–water partition coefficient (Wildman–Crippen LogP) is 1.64. The van der Waals surface area contributed by atoms with Gasteiger partial charge < -0.3 is 4.55 Å². The number of benzene rings is 1. The lowest BCUT2D eigenvalue weighted by atomic mass is 10.3. The van der Waals surface area contributed by atoms with Crippen LogP contribution >= 0.6 is 27.7 Å². The van der Waals surface area contributed by atoms with Gasteiger partial charge in [0, 0.05) is 23.6 Å². The summed E-state index contributed by atoms with van der Waals surface area (Å²) in [6, 6.07) is 3.97. The third-order valence-electron chi connectivity index (χ3n) is 3.22. The van der Waals surface area contributed by atoms with Crippen molar-refractivity contribution in [2.24, 2.45) is 0 Å². The standard InChI is InChI=1S/C13H11BrFN5O5S2/c14-8-6-7(2-3-9(8)15)20-11(18-24-13(20)21)10-12(19-25-17-10)26-5-1-4-16-27(22)23/h2-3,6,16H,1,4-5H2,(H,22,23)/p-1. The molecule has 0 aliphatic rings. The van der Waals surface area contributed by atoms with Crippen LogP contribution in [-0.2, 0) is 11.3 Å². The van der Waals surface area contributed by atoms with Crippen LogP contribution in [0.2, 0.25) is 0 Å². The Morgan fingerprint density at radius 2 is 2.19 bits per heavy atom. The third-order valence-corrected chi connectivity index (χ3v) is 5.30. The zero-order valence-corrected chi connectivity index (χ0v) is 16.5. The van der Waals surface area contributed by atoms with E-state index in [9.17, 15) is 17.9 Å². The highest BCUT2D eigenvalue weighted by Gasteiger charge is 2.23. The molecule has 0 spiro atoms. The Labute approximate surface area is 166 Å². The average molecular weight is 479 g/mol. The summed E-state index contributed by atoms with van der Waals surface area (Å²) in [6.07, 6.45) is 0.529. The SMILES string of the molecule is O=c1onc(-c2nonc2SCCCNS(=O)[O-])n1-c1ccc(F)c(Br)c1. The summed E-state index contributed by atoms with van der Waals surface area (Å²) in [4.78, 5) is 12.1. The summed E-state index contributed by atoms with van der Waals surface area (Å²) in [5.41, 5.74) is 0.484. The Bertz CT molecular complexity index is 1020. The molecule has 2 heterocycles. The molecule has 0 aliphatic heterocycles. The van der Waals surface area contributed by atoms with Crippen molar-refractivity contribution in [1.29, 1.82) is 0 Å². The molecule has 144 valence electrons. The summed E-state index contributed by atoms with van der Waals surface area (Å²) in [5.74, 6) is -0.724. The molecule has 0 radical (unpaired) electrons. The Hall–Kier alpha value is -1.87. The van der Waals surface area contributed by atoms with Gasteiger partial charge >= 0.3 is 5.76 Å². The van der Waals surface area contributed by atoms with Gasteiger partial charge in [0.15, 0.2) is 10.7 Å². The zero-order valence-electron chi connectivity index (χ0n) is 13.3. The van der Waals surface area contributed by atoms with E-state index >= 15 is 0 Å². The molecule has 3 rings (SSSR count). The van der Waals surface area contributed by atoms with Gasteiger partial charge in [0.2, 0.25) is 5.82 Å². The quantitative estimate of drug-likeness (QED) is 0.290. The largest absolute Gasteiger partial charge is 0.760 e. The fourth-order valence-corrected chi connectivity index (χ4v) is 3.57. The Morgan fingerprint density at radius 1 is 1.37 bits per heavy atom. The first-order chi connectivity index (χ1) is 13.0. The molecule has 27 heavy (non-hydrogen) atoms. The minimum Gasteiger partial charge on any atom is -0.760 e. The predicted molar refractivity (Wildman–Crippen MR) is 95.3 cm³/mol. The number of hydrogen-bond donors (Lipinski definition) is 1. The lowest BCUT2D eigenvalue weighted by Crippen LogP contribution is -2.18. The second-order valence-corrected chi connectivity index (χ2v) is 7.65. The number of nitrogens with one attached hydrogen (secondary N) is 1. The molecule has 14 heteroatoms. The molecule has 3 aromatic rings. The van der Waals surface area contributed by atoms with Crippen LogP contribution in [0.1, 0.15) is 6.42 Å². The number of nitrogens with zero attached hydrogens (tertiary/aromatic N) is 4. The fraction of sp³-hybridized carbons (Fsp3) is 0.231. The zero-order chi connectivity index (χ0) is 19.4. The monoisotopic (exact) mass is 478 g/mol. The molecule has 0 amide bonds. The summed E-state index contributed by atoms with van der Waals surface area (Å²) in [6.45, 7) is 0.266. The van der Waals surface area contributed by atoms with Crippen LogP contribution in [0.4, 0.5) is 4.39 Å². The topological polar surface area (TPSA) is 139 Å². The van der Waals surface area contributed by atoms with Crippen molar-refractivity contribution >= 4 is 39.0 Å². The summed E-state index contributed by atoms with van der Waals surface area (Å²) < 4.78 is 47.3. The van der Waals surface area contributed by atoms with Crippen molar-refractivity contribution in [2.75, 3.05) is 12.3 Å². The third kappa shape index (κ3) is 4.70. The molecule has 0 saturated carbocycles. The molecule has 1 aromatic carbocycles. The molecule has 1 N–H and O–H groups in total. The first-order valence-corrected chi connectivity index (χ1v) is 10.2. The van der Waals surface area contributed by atoms with Gasteiger partial charge in [0.25, 0.3) is 0 Å². The Kier molecular flexibility index (Phi) is 6.54. The number of thioether (sulfide) groups is 1. The van der Waals surface area contributed by atoms with Crippen molar-refractivity contribution in [3.63, 3.8) is 0 Å². The highest BCUT2D eigenvalue weighted by atomic mass is 79.9. The van der Waals surface area contributed by atoms with E-state index < -0.39 is 22.8 Å². The van der Waals surface area contributed by atoms with E-state index in [-0.39, 0.29) is 22.5 Å². The minimum absolute atomic E-state index is 0.0426. The first kappa shape index (κ1) is 19.9.